The van der Waals surface area contributed by atoms with Crippen molar-refractivity contribution in [1.29, 1.82) is 0 Å². The summed E-state index contributed by atoms with van der Waals surface area (Å²) in [6.07, 6.45) is 1.54. The average molecular weight is 196 g/mol. The number of anilines is 1. The molecular formula is C8H8N2O2S. The van der Waals surface area contributed by atoms with E-state index in [-0.39, 0.29) is 0 Å². The second-order valence-electron chi connectivity index (χ2n) is 2.84. The standard InChI is InChI=1S/C8H8N2O2S/c1-6-2-3-7-4-5-13(11,12)10-8(7)9-6/h2-5H,1H3,(H,9,10). The van der Waals surface area contributed by atoms with Gasteiger partial charge >= 0.3 is 0 Å². The first-order valence-corrected chi connectivity index (χ1v) is 5.30. The van der Waals surface area contributed by atoms with Crippen LogP contribution in [-0.4, -0.2) is 13.4 Å². The molecule has 0 amide bonds. The highest BCUT2D eigenvalue weighted by Gasteiger charge is 2.14. The Bertz CT molecular complexity index is 477. The summed E-state index contributed by atoms with van der Waals surface area (Å²) >= 11 is 0. The predicted octanol–water partition coefficient (Wildman–Crippen LogP) is 1.12. The molecule has 0 saturated heterocycles. The molecule has 4 nitrogen and oxygen atoms in total. The number of nitrogens with one attached hydrogen (secondary N) is 1. The molecular weight excluding hydrogens is 188 g/mol. The Morgan fingerprint density at radius 2 is 2.15 bits per heavy atom. The molecule has 1 N–H and O–H groups in total. The van der Waals surface area contributed by atoms with Crippen LogP contribution in [0.15, 0.2) is 17.5 Å². The van der Waals surface area contributed by atoms with E-state index in [9.17, 15) is 8.42 Å². The zero-order valence-corrected chi connectivity index (χ0v) is 7.80. The third-order valence-electron chi connectivity index (χ3n) is 1.73. The van der Waals surface area contributed by atoms with Crippen LogP contribution in [-0.2, 0) is 10.0 Å². The van der Waals surface area contributed by atoms with E-state index in [0.29, 0.717) is 5.82 Å². The predicted molar refractivity (Wildman–Crippen MR) is 50.6 cm³/mol. The number of fused-ring (bicyclic) bond motifs is 1. The second-order valence-corrected chi connectivity index (χ2v) is 4.41. The van der Waals surface area contributed by atoms with E-state index < -0.39 is 10.0 Å². The van der Waals surface area contributed by atoms with E-state index in [0.717, 1.165) is 16.7 Å². The minimum absolute atomic E-state index is 0.405. The number of rotatable bonds is 0. The van der Waals surface area contributed by atoms with Gasteiger partial charge in [-0.25, -0.2) is 13.4 Å². The van der Waals surface area contributed by atoms with Gasteiger partial charge in [-0.3, -0.25) is 4.72 Å². The summed E-state index contributed by atoms with van der Waals surface area (Å²) in [4.78, 5) is 4.07. The van der Waals surface area contributed by atoms with Crippen LogP contribution in [0.4, 0.5) is 5.82 Å². The summed E-state index contributed by atoms with van der Waals surface area (Å²) in [5, 5.41) is 1.13. The number of pyridine rings is 1. The first-order valence-electron chi connectivity index (χ1n) is 3.75. The topological polar surface area (TPSA) is 59.1 Å². The van der Waals surface area contributed by atoms with Gasteiger partial charge in [-0.15, -0.1) is 0 Å². The quantitative estimate of drug-likeness (QED) is 0.676. The van der Waals surface area contributed by atoms with Crippen molar-refractivity contribution < 1.29 is 8.42 Å². The molecule has 68 valence electrons. The van der Waals surface area contributed by atoms with Gasteiger partial charge in [-0.2, -0.15) is 0 Å². The van der Waals surface area contributed by atoms with E-state index in [4.69, 9.17) is 0 Å². The molecule has 0 bridgehead atoms. The van der Waals surface area contributed by atoms with Crippen molar-refractivity contribution in [1.82, 2.24) is 4.98 Å². The van der Waals surface area contributed by atoms with Crippen LogP contribution < -0.4 is 4.72 Å². The summed E-state index contributed by atoms with van der Waals surface area (Å²) in [6, 6.07) is 3.67. The van der Waals surface area contributed by atoms with Gasteiger partial charge in [0.2, 0.25) is 0 Å². The van der Waals surface area contributed by atoms with E-state index in [1.165, 1.54) is 6.08 Å². The number of hydrogen-bond acceptors (Lipinski definition) is 3. The van der Waals surface area contributed by atoms with Gasteiger partial charge in [0, 0.05) is 11.3 Å². The lowest BCUT2D eigenvalue weighted by molar-refractivity contribution is 0.609. The van der Waals surface area contributed by atoms with E-state index in [1.54, 1.807) is 0 Å². The molecule has 0 saturated carbocycles. The van der Waals surface area contributed by atoms with Crippen molar-refractivity contribution >= 4 is 21.9 Å². The largest absolute Gasteiger partial charge is 0.263 e. The summed E-state index contributed by atoms with van der Waals surface area (Å²) in [5.41, 5.74) is 1.58. The number of aryl methyl sites for hydroxylation is 1. The van der Waals surface area contributed by atoms with Crippen molar-refractivity contribution in [3.05, 3.63) is 28.8 Å². The van der Waals surface area contributed by atoms with Crippen LogP contribution in [0, 0.1) is 6.92 Å². The zero-order valence-electron chi connectivity index (χ0n) is 6.98. The maximum Gasteiger partial charge on any atom is 0.256 e. The first kappa shape index (κ1) is 8.25. The molecule has 0 fully saturated rings. The van der Waals surface area contributed by atoms with Crippen molar-refractivity contribution in [2.24, 2.45) is 0 Å². The molecule has 0 aliphatic carbocycles. The molecule has 0 radical (unpaired) electrons. The normalized spacial score (nSPS) is 17.6. The summed E-state index contributed by atoms with van der Waals surface area (Å²) < 4.78 is 24.5. The lowest BCUT2D eigenvalue weighted by Crippen LogP contribution is -2.14. The third kappa shape index (κ3) is 1.55. The van der Waals surface area contributed by atoms with Gasteiger partial charge in [0.05, 0.1) is 5.41 Å². The molecule has 13 heavy (non-hydrogen) atoms. The van der Waals surface area contributed by atoms with Gasteiger partial charge in [0.25, 0.3) is 10.0 Å². The smallest absolute Gasteiger partial charge is 0.256 e. The Morgan fingerprint density at radius 1 is 1.38 bits per heavy atom. The number of sulfonamides is 1. The zero-order chi connectivity index (χ0) is 9.47. The third-order valence-corrected chi connectivity index (χ3v) is 2.70. The monoisotopic (exact) mass is 196 g/mol. The van der Waals surface area contributed by atoms with E-state index >= 15 is 0 Å². The SMILES string of the molecule is Cc1ccc2c(n1)NS(=O)(=O)C=C2. The first-order chi connectivity index (χ1) is 6.07. The fourth-order valence-electron chi connectivity index (χ4n) is 1.12. The van der Waals surface area contributed by atoms with Gasteiger partial charge in [-0.05, 0) is 25.1 Å². The molecule has 5 heteroatoms. The van der Waals surface area contributed by atoms with Crippen LogP contribution in [0.2, 0.25) is 0 Å². The van der Waals surface area contributed by atoms with Crippen LogP contribution in [0.1, 0.15) is 11.3 Å². The van der Waals surface area contributed by atoms with Gasteiger partial charge < -0.3 is 0 Å². The van der Waals surface area contributed by atoms with Gasteiger partial charge in [-0.1, -0.05) is 0 Å². The van der Waals surface area contributed by atoms with Gasteiger partial charge in [0.15, 0.2) is 0 Å². The highest BCUT2D eigenvalue weighted by atomic mass is 32.2. The second kappa shape index (κ2) is 2.56. The van der Waals surface area contributed by atoms with Crippen LogP contribution in [0.5, 0.6) is 0 Å². The van der Waals surface area contributed by atoms with Crippen LogP contribution >= 0.6 is 0 Å². The molecule has 0 aromatic carbocycles. The molecule has 1 aromatic heterocycles. The summed E-state index contributed by atoms with van der Waals surface area (Å²) in [5.74, 6) is 0.405. The number of hydrogen-bond donors (Lipinski definition) is 1. The highest BCUT2D eigenvalue weighted by Crippen LogP contribution is 2.21. The maximum absolute atomic E-state index is 11.1. The summed E-state index contributed by atoms with van der Waals surface area (Å²) in [7, 11) is -3.31. The average Bonchev–Trinajstić information content (AvgIpc) is 2.01. The molecule has 2 heterocycles. The summed E-state index contributed by atoms with van der Waals surface area (Å²) in [6.45, 7) is 1.81. The molecule has 1 aliphatic rings. The van der Waals surface area contributed by atoms with Crippen LogP contribution in [0.25, 0.3) is 6.08 Å². The Balaban J connectivity index is 2.60. The highest BCUT2D eigenvalue weighted by molar-refractivity contribution is 7.95. The fourth-order valence-corrected chi connectivity index (χ4v) is 1.94. The van der Waals surface area contributed by atoms with Crippen molar-refractivity contribution in [3.8, 4) is 0 Å². The Morgan fingerprint density at radius 3 is 2.92 bits per heavy atom. The molecule has 1 aromatic rings. The number of nitrogens with zero attached hydrogens (tertiary/aromatic N) is 1. The molecule has 0 unspecified atom stereocenters. The minimum Gasteiger partial charge on any atom is -0.263 e. The Labute approximate surface area is 76.4 Å². The van der Waals surface area contributed by atoms with Crippen molar-refractivity contribution in [2.75, 3.05) is 4.72 Å². The molecule has 1 aliphatic heterocycles. The number of aromatic nitrogens is 1. The Kier molecular flexibility index (Phi) is 1.63. The lowest BCUT2D eigenvalue weighted by Gasteiger charge is -2.11. The fraction of sp³-hybridized carbons (Fsp3) is 0.125. The molecule has 0 atom stereocenters. The maximum atomic E-state index is 11.1. The Hall–Kier alpha value is -1.36. The minimum atomic E-state index is -3.31. The molecule has 0 spiro atoms. The van der Waals surface area contributed by atoms with E-state index in [1.807, 2.05) is 19.1 Å². The van der Waals surface area contributed by atoms with Crippen LogP contribution in [0.3, 0.4) is 0 Å². The lowest BCUT2D eigenvalue weighted by atomic mass is 10.2. The molecule has 2 rings (SSSR count). The van der Waals surface area contributed by atoms with Crippen molar-refractivity contribution in [3.63, 3.8) is 0 Å². The van der Waals surface area contributed by atoms with E-state index in [2.05, 4.69) is 9.71 Å². The van der Waals surface area contributed by atoms with Gasteiger partial charge in [0.1, 0.15) is 5.82 Å². The van der Waals surface area contributed by atoms with Crippen molar-refractivity contribution in [2.45, 2.75) is 6.92 Å².